The van der Waals surface area contributed by atoms with Crippen LogP contribution in [0.15, 0.2) is 30.7 Å². The van der Waals surface area contributed by atoms with Crippen molar-refractivity contribution in [3.8, 4) is 0 Å². The Bertz CT molecular complexity index is 891. The summed E-state index contributed by atoms with van der Waals surface area (Å²) in [5.41, 5.74) is -0.0240. The van der Waals surface area contributed by atoms with Crippen molar-refractivity contribution in [3.05, 3.63) is 47.9 Å². The molecule has 2 aromatic rings. The normalized spacial score (nSPS) is 12.6. The summed E-state index contributed by atoms with van der Waals surface area (Å²) in [6.07, 6.45) is 4.27. The van der Waals surface area contributed by atoms with E-state index in [1.165, 1.54) is 0 Å². The van der Waals surface area contributed by atoms with E-state index in [1.807, 2.05) is 25.6 Å². The first kappa shape index (κ1) is 24.5. The van der Waals surface area contributed by atoms with Crippen molar-refractivity contribution in [1.82, 2.24) is 19.8 Å². The van der Waals surface area contributed by atoms with Crippen molar-refractivity contribution in [1.29, 1.82) is 0 Å². The van der Waals surface area contributed by atoms with E-state index in [4.69, 9.17) is 0 Å². The van der Waals surface area contributed by atoms with E-state index in [1.54, 1.807) is 12.5 Å². The van der Waals surface area contributed by atoms with E-state index >= 15 is 0 Å². The number of hydrogen-bond donors (Lipinski definition) is 2. The molecule has 0 aliphatic carbocycles. The number of anilines is 1. The highest BCUT2D eigenvalue weighted by atomic mass is 19.1. The van der Waals surface area contributed by atoms with Crippen LogP contribution in [0.3, 0.4) is 0 Å². The van der Waals surface area contributed by atoms with Crippen molar-refractivity contribution < 1.29 is 18.4 Å². The topological polar surface area (TPSA) is 79.3 Å². The second-order valence-electron chi connectivity index (χ2n) is 8.57. The number of benzene rings is 1. The summed E-state index contributed by atoms with van der Waals surface area (Å²) in [5.74, 6) is -2.00. The second kappa shape index (κ2) is 10.5. The molecule has 2 amide bonds. The zero-order valence-electron chi connectivity index (χ0n) is 18.7. The first-order valence-electron chi connectivity index (χ1n) is 10.2. The molecule has 1 heterocycles. The lowest BCUT2D eigenvalue weighted by atomic mass is 10.1. The molecule has 0 saturated heterocycles. The zero-order valence-corrected chi connectivity index (χ0v) is 18.7. The molecule has 2 N–H and O–H groups in total. The molecule has 0 fully saturated rings. The average Bonchev–Trinajstić information content (AvgIpc) is 3.08. The van der Waals surface area contributed by atoms with Crippen LogP contribution in [-0.4, -0.2) is 52.9 Å². The van der Waals surface area contributed by atoms with E-state index < -0.39 is 29.5 Å². The Morgan fingerprint density at radius 1 is 1.19 bits per heavy atom. The summed E-state index contributed by atoms with van der Waals surface area (Å²) >= 11 is 0. The van der Waals surface area contributed by atoms with Crippen LogP contribution in [0.5, 0.6) is 0 Å². The number of carbonyl (C=O) groups is 2. The molecule has 1 atom stereocenters. The molecule has 0 aliphatic heterocycles. The van der Waals surface area contributed by atoms with Gasteiger partial charge < -0.3 is 20.1 Å². The number of aromatic nitrogens is 2. The summed E-state index contributed by atoms with van der Waals surface area (Å²) in [6.45, 7) is 6.81. The third-order valence-electron chi connectivity index (χ3n) is 4.75. The van der Waals surface area contributed by atoms with Gasteiger partial charge >= 0.3 is 0 Å². The molecule has 9 heteroatoms. The Balaban J connectivity index is 2.02. The number of carbonyl (C=O) groups excluding carboxylic acids is 2. The molecule has 0 spiro atoms. The summed E-state index contributed by atoms with van der Waals surface area (Å²) < 4.78 is 28.6. The van der Waals surface area contributed by atoms with Gasteiger partial charge in [-0.2, -0.15) is 0 Å². The SMILES string of the molecule is CCCC(NC(=O)Cc1cc(F)cc(F)c1)C(=O)Nc1cn(C(C)(C)CN(C)C)cn1. The fraction of sp³-hybridized carbons (Fsp3) is 0.500. The lowest BCUT2D eigenvalue weighted by Crippen LogP contribution is -2.44. The van der Waals surface area contributed by atoms with Gasteiger partial charge in [-0.25, -0.2) is 13.8 Å². The maximum absolute atomic E-state index is 13.3. The minimum Gasteiger partial charge on any atom is -0.344 e. The van der Waals surface area contributed by atoms with Crippen LogP contribution < -0.4 is 10.6 Å². The Hall–Kier alpha value is -2.81. The molecule has 0 aliphatic rings. The van der Waals surface area contributed by atoms with Gasteiger partial charge in [0.1, 0.15) is 17.7 Å². The van der Waals surface area contributed by atoms with Crippen molar-refractivity contribution in [2.75, 3.05) is 26.0 Å². The van der Waals surface area contributed by atoms with Gasteiger partial charge in [-0.05, 0) is 52.1 Å². The Labute approximate surface area is 181 Å². The summed E-state index contributed by atoms with van der Waals surface area (Å²) in [4.78, 5) is 31.4. The first-order chi connectivity index (χ1) is 14.5. The lowest BCUT2D eigenvalue weighted by molar-refractivity contribution is -0.126. The van der Waals surface area contributed by atoms with Crippen LogP contribution in [0.4, 0.5) is 14.6 Å². The average molecular weight is 436 g/mol. The maximum Gasteiger partial charge on any atom is 0.248 e. The van der Waals surface area contributed by atoms with Gasteiger partial charge in [0.2, 0.25) is 11.8 Å². The largest absolute Gasteiger partial charge is 0.344 e. The minimum atomic E-state index is -0.782. The monoisotopic (exact) mass is 435 g/mol. The number of imidazole rings is 1. The molecule has 0 saturated carbocycles. The maximum atomic E-state index is 13.3. The number of rotatable bonds is 10. The van der Waals surface area contributed by atoms with Crippen LogP contribution >= 0.6 is 0 Å². The van der Waals surface area contributed by atoms with Crippen LogP contribution in [0.1, 0.15) is 39.2 Å². The standard InChI is InChI=1S/C22H31F2N5O2/c1-6-7-18(26-20(30)10-15-8-16(23)11-17(24)9-15)21(31)27-19-12-29(14-25-19)22(2,3)13-28(4)5/h8-9,11-12,14,18H,6-7,10,13H2,1-5H3,(H,26,30)(H,27,31). The summed E-state index contributed by atoms with van der Waals surface area (Å²) in [6, 6.07) is 2.16. The molecule has 1 aromatic carbocycles. The number of hydrogen-bond acceptors (Lipinski definition) is 4. The number of nitrogens with zero attached hydrogens (tertiary/aromatic N) is 3. The van der Waals surface area contributed by atoms with Crippen LogP contribution in [0.25, 0.3) is 0 Å². The van der Waals surface area contributed by atoms with Crippen molar-refractivity contribution in [2.45, 2.75) is 51.6 Å². The van der Waals surface area contributed by atoms with Crippen LogP contribution in [-0.2, 0) is 21.5 Å². The van der Waals surface area contributed by atoms with Gasteiger partial charge in [-0.1, -0.05) is 13.3 Å². The van der Waals surface area contributed by atoms with Crippen LogP contribution in [0.2, 0.25) is 0 Å². The highest BCUT2D eigenvalue weighted by Gasteiger charge is 2.24. The third kappa shape index (κ3) is 7.43. The molecule has 0 bridgehead atoms. The molecule has 7 nitrogen and oxygen atoms in total. The van der Waals surface area contributed by atoms with E-state index in [2.05, 4.69) is 34.4 Å². The zero-order chi connectivity index (χ0) is 23.2. The molecule has 2 rings (SSSR count). The van der Waals surface area contributed by atoms with Gasteiger partial charge in [0.25, 0.3) is 0 Å². The Morgan fingerprint density at radius 3 is 2.42 bits per heavy atom. The predicted octanol–water partition coefficient (Wildman–Crippen LogP) is 2.92. The van der Waals surface area contributed by atoms with Gasteiger partial charge in [0.15, 0.2) is 5.82 Å². The van der Waals surface area contributed by atoms with Crippen molar-refractivity contribution >= 4 is 17.6 Å². The predicted molar refractivity (Wildman–Crippen MR) is 116 cm³/mol. The molecular formula is C22H31F2N5O2. The molecule has 1 aromatic heterocycles. The highest BCUT2D eigenvalue weighted by molar-refractivity contribution is 5.96. The van der Waals surface area contributed by atoms with E-state index in [0.29, 0.717) is 18.7 Å². The minimum absolute atomic E-state index is 0.201. The molecular weight excluding hydrogens is 404 g/mol. The highest BCUT2D eigenvalue weighted by Crippen LogP contribution is 2.18. The second-order valence-corrected chi connectivity index (χ2v) is 8.57. The Morgan fingerprint density at radius 2 is 1.84 bits per heavy atom. The summed E-state index contributed by atoms with van der Waals surface area (Å²) in [5, 5.41) is 5.39. The quantitative estimate of drug-likeness (QED) is 0.602. The van der Waals surface area contributed by atoms with Crippen molar-refractivity contribution in [3.63, 3.8) is 0 Å². The number of amides is 2. The molecule has 170 valence electrons. The molecule has 31 heavy (non-hydrogen) atoms. The smallest absolute Gasteiger partial charge is 0.248 e. The first-order valence-corrected chi connectivity index (χ1v) is 10.2. The van der Waals surface area contributed by atoms with Gasteiger partial charge in [0.05, 0.1) is 18.3 Å². The number of nitrogens with one attached hydrogen (secondary N) is 2. The fourth-order valence-electron chi connectivity index (χ4n) is 3.49. The number of halogens is 2. The Kier molecular flexibility index (Phi) is 8.27. The summed E-state index contributed by atoms with van der Waals surface area (Å²) in [7, 11) is 3.97. The van der Waals surface area contributed by atoms with Gasteiger partial charge in [0, 0.05) is 18.8 Å². The van der Waals surface area contributed by atoms with E-state index in [0.717, 1.165) is 24.7 Å². The van der Waals surface area contributed by atoms with E-state index in [-0.39, 0.29) is 17.5 Å². The van der Waals surface area contributed by atoms with Gasteiger partial charge in [-0.3, -0.25) is 9.59 Å². The molecule has 0 radical (unpaired) electrons. The third-order valence-corrected chi connectivity index (χ3v) is 4.75. The van der Waals surface area contributed by atoms with Crippen molar-refractivity contribution in [2.24, 2.45) is 0 Å². The van der Waals surface area contributed by atoms with E-state index in [9.17, 15) is 18.4 Å². The lowest BCUT2D eigenvalue weighted by Gasteiger charge is -2.29. The van der Waals surface area contributed by atoms with Gasteiger partial charge in [-0.15, -0.1) is 0 Å². The van der Waals surface area contributed by atoms with Crippen LogP contribution in [0, 0.1) is 11.6 Å². The number of likely N-dealkylation sites (N-methyl/N-ethyl adjacent to an activating group) is 1. The fourth-order valence-corrected chi connectivity index (χ4v) is 3.49. The molecule has 1 unspecified atom stereocenters.